The van der Waals surface area contributed by atoms with Gasteiger partial charge in [-0.05, 0) is 37.6 Å². The molecule has 3 rings (SSSR count). The maximum Gasteiger partial charge on any atom is 0.255 e. The molecule has 0 saturated carbocycles. The molecule has 1 amide bonds. The lowest BCUT2D eigenvalue weighted by atomic mass is 10.1. The number of benzene rings is 1. The molecule has 2 aromatic rings. The third kappa shape index (κ3) is 4.17. The molecule has 0 spiro atoms. The Morgan fingerprint density at radius 3 is 2.56 bits per heavy atom. The second-order valence-corrected chi connectivity index (χ2v) is 8.30. The fourth-order valence-corrected chi connectivity index (χ4v) is 4.75. The minimum absolute atomic E-state index is 0.0493. The van der Waals surface area contributed by atoms with Crippen molar-refractivity contribution in [2.45, 2.75) is 19.4 Å². The first-order valence-corrected chi connectivity index (χ1v) is 10.1. The lowest BCUT2D eigenvalue weighted by Gasteiger charge is -2.26. The van der Waals surface area contributed by atoms with Crippen LogP contribution in [0.2, 0.25) is 0 Å². The topological polar surface area (TPSA) is 79.4 Å². The maximum absolute atomic E-state index is 12.7. The largest absolute Gasteiger partial charge is 0.340 e. The van der Waals surface area contributed by atoms with Crippen molar-refractivity contribution in [2.75, 3.05) is 23.4 Å². The minimum Gasteiger partial charge on any atom is -0.340 e. The zero-order chi connectivity index (χ0) is 17.9. The first-order chi connectivity index (χ1) is 12.0. The van der Waals surface area contributed by atoms with Crippen LogP contribution in [0.3, 0.4) is 0 Å². The summed E-state index contributed by atoms with van der Waals surface area (Å²) >= 11 is 0. The summed E-state index contributed by atoms with van der Waals surface area (Å²) in [6.07, 6.45) is 2.03. The van der Waals surface area contributed by atoms with E-state index in [-0.39, 0.29) is 23.5 Å². The van der Waals surface area contributed by atoms with Crippen LogP contribution in [0.25, 0.3) is 0 Å². The Morgan fingerprint density at radius 2 is 2.00 bits per heavy atom. The van der Waals surface area contributed by atoms with E-state index in [4.69, 9.17) is 0 Å². The SMILES string of the molecule is CCN(C(=O)c1ccc(Nc2ccccc2)nc1)C1CCS(=O)(=O)C1. The van der Waals surface area contributed by atoms with E-state index in [0.29, 0.717) is 24.3 Å². The second kappa shape index (κ2) is 7.23. The molecule has 0 radical (unpaired) electrons. The van der Waals surface area contributed by atoms with Crippen molar-refractivity contribution < 1.29 is 13.2 Å². The van der Waals surface area contributed by atoms with E-state index >= 15 is 0 Å². The van der Waals surface area contributed by atoms with E-state index in [1.165, 1.54) is 6.20 Å². The molecule has 132 valence electrons. The lowest BCUT2D eigenvalue weighted by Crippen LogP contribution is -2.41. The average Bonchev–Trinajstić information content (AvgIpc) is 2.97. The Balaban J connectivity index is 1.71. The molecule has 1 aliphatic rings. The molecule has 25 heavy (non-hydrogen) atoms. The van der Waals surface area contributed by atoms with Crippen molar-refractivity contribution in [3.05, 3.63) is 54.2 Å². The van der Waals surface area contributed by atoms with Crippen LogP contribution in [0.15, 0.2) is 48.7 Å². The molecule has 1 saturated heterocycles. The summed E-state index contributed by atoms with van der Waals surface area (Å²) in [7, 11) is -3.03. The number of nitrogens with one attached hydrogen (secondary N) is 1. The molecule has 1 unspecified atom stereocenters. The molecular weight excluding hydrogens is 338 g/mol. The quantitative estimate of drug-likeness (QED) is 0.887. The number of amides is 1. The molecule has 1 aromatic heterocycles. The van der Waals surface area contributed by atoms with E-state index in [1.807, 2.05) is 37.3 Å². The van der Waals surface area contributed by atoms with Gasteiger partial charge in [0.25, 0.3) is 5.91 Å². The van der Waals surface area contributed by atoms with Gasteiger partial charge in [0.15, 0.2) is 9.84 Å². The summed E-state index contributed by atoms with van der Waals surface area (Å²) in [5.74, 6) is 0.672. The molecule has 1 atom stereocenters. The second-order valence-electron chi connectivity index (χ2n) is 6.07. The van der Waals surface area contributed by atoms with Crippen LogP contribution in [0.4, 0.5) is 11.5 Å². The van der Waals surface area contributed by atoms with Gasteiger partial charge in [0, 0.05) is 24.5 Å². The highest BCUT2D eigenvalue weighted by Crippen LogP contribution is 2.20. The molecule has 0 aliphatic carbocycles. The molecule has 1 aliphatic heterocycles. The van der Waals surface area contributed by atoms with Gasteiger partial charge in [0.05, 0.1) is 17.1 Å². The summed E-state index contributed by atoms with van der Waals surface area (Å²) in [6.45, 7) is 2.34. The summed E-state index contributed by atoms with van der Waals surface area (Å²) in [4.78, 5) is 18.6. The van der Waals surface area contributed by atoms with Crippen LogP contribution in [-0.4, -0.2) is 48.3 Å². The first-order valence-electron chi connectivity index (χ1n) is 8.28. The van der Waals surface area contributed by atoms with Gasteiger partial charge in [-0.3, -0.25) is 4.79 Å². The minimum atomic E-state index is -3.03. The van der Waals surface area contributed by atoms with Crippen LogP contribution in [-0.2, 0) is 9.84 Å². The van der Waals surface area contributed by atoms with Crippen molar-refractivity contribution in [3.8, 4) is 0 Å². The number of sulfone groups is 1. The first kappa shape index (κ1) is 17.4. The van der Waals surface area contributed by atoms with Crippen molar-refractivity contribution in [1.29, 1.82) is 0 Å². The highest BCUT2D eigenvalue weighted by Gasteiger charge is 2.34. The Bertz CT molecular complexity index is 836. The van der Waals surface area contributed by atoms with Gasteiger partial charge in [0.2, 0.25) is 0 Å². The van der Waals surface area contributed by atoms with Crippen molar-refractivity contribution >= 4 is 27.2 Å². The standard InChI is InChI=1S/C18H21N3O3S/c1-2-21(16-10-11-25(23,24)13-16)18(22)14-8-9-17(19-12-14)20-15-6-4-3-5-7-15/h3-9,12,16H,2,10-11,13H2,1H3,(H,19,20). The van der Waals surface area contributed by atoms with E-state index in [2.05, 4.69) is 10.3 Å². The highest BCUT2D eigenvalue weighted by atomic mass is 32.2. The molecule has 6 nitrogen and oxygen atoms in total. The van der Waals surface area contributed by atoms with Gasteiger partial charge >= 0.3 is 0 Å². The predicted octanol–water partition coefficient (Wildman–Crippen LogP) is 2.47. The van der Waals surface area contributed by atoms with Gasteiger partial charge in [-0.2, -0.15) is 0 Å². The summed E-state index contributed by atoms with van der Waals surface area (Å²) in [6, 6.07) is 12.9. The van der Waals surface area contributed by atoms with Gasteiger partial charge in [-0.25, -0.2) is 13.4 Å². The van der Waals surface area contributed by atoms with Gasteiger partial charge in [-0.1, -0.05) is 18.2 Å². The zero-order valence-electron chi connectivity index (χ0n) is 14.1. The number of anilines is 2. The van der Waals surface area contributed by atoms with Gasteiger partial charge < -0.3 is 10.2 Å². The molecule has 2 heterocycles. The Kier molecular flexibility index (Phi) is 5.03. The lowest BCUT2D eigenvalue weighted by molar-refractivity contribution is 0.0708. The molecule has 0 bridgehead atoms. The molecular formula is C18H21N3O3S. The normalized spacial score (nSPS) is 18.7. The third-order valence-electron chi connectivity index (χ3n) is 4.31. The van der Waals surface area contributed by atoms with Crippen LogP contribution in [0, 0.1) is 0 Å². The number of para-hydroxylation sites is 1. The maximum atomic E-state index is 12.7. The van der Waals surface area contributed by atoms with Crippen LogP contribution < -0.4 is 5.32 Å². The monoisotopic (exact) mass is 359 g/mol. The number of rotatable bonds is 5. The smallest absolute Gasteiger partial charge is 0.255 e. The fraction of sp³-hybridized carbons (Fsp3) is 0.333. The number of hydrogen-bond donors (Lipinski definition) is 1. The van der Waals surface area contributed by atoms with E-state index in [1.54, 1.807) is 17.0 Å². The number of aromatic nitrogens is 1. The van der Waals surface area contributed by atoms with Crippen LogP contribution >= 0.6 is 0 Å². The van der Waals surface area contributed by atoms with Gasteiger partial charge in [0.1, 0.15) is 5.82 Å². The summed E-state index contributed by atoms with van der Waals surface area (Å²) in [5.41, 5.74) is 1.38. The number of carbonyl (C=O) groups excluding carboxylic acids is 1. The van der Waals surface area contributed by atoms with E-state index in [9.17, 15) is 13.2 Å². The van der Waals surface area contributed by atoms with Crippen molar-refractivity contribution in [3.63, 3.8) is 0 Å². The molecule has 1 fully saturated rings. The summed E-state index contributed by atoms with van der Waals surface area (Å²) < 4.78 is 23.4. The molecule has 1 N–H and O–H groups in total. The van der Waals surface area contributed by atoms with Crippen LogP contribution in [0.5, 0.6) is 0 Å². The Hall–Kier alpha value is -2.41. The van der Waals surface area contributed by atoms with Crippen molar-refractivity contribution in [1.82, 2.24) is 9.88 Å². The zero-order valence-corrected chi connectivity index (χ0v) is 14.9. The van der Waals surface area contributed by atoms with Crippen LogP contribution in [0.1, 0.15) is 23.7 Å². The van der Waals surface area contributed by atoms with Gasteiger partial charge in [-0.15, -0.1) is 0 Å². The number of pyridine rings is 1. The number of nitrogens with zero attached hydrogens (tertiary/aromatic N) is 2. The van der Waals surface area contributed by atoms with E-state index < -0.39 is 9.84 Å². The van der Waals surface area contributed by atoms with Crippen molar-refractivity contribution in [2.24, 2.45) is 0 Å². The Labute approximate surface area is 147 Å². The highest BCUT2D eigenvalue weighted by molar-refractivity contribution is 7.91. The summed E-state index contributed by atoms with van der Waals surface area (Å²) in [5, 5.41) is 3.16. The number of hydrogen-bond acceptors (Lipinski definition) is 5. The average molecular weight is 359 g/mol. The third-order valence-corrected chi connectivity index (χ3v) is 6.06. The predicted molar refractivity (Wildman–Crippen MR) is 97.7 cm³/mol. The molecule has 7 heteroatoms. The number of carbonyl (C=O) groups is 1. The fourth-order valence-electron chi connectivity index (χ4n) is 3.02. The molecule has 1 aromatic carbocycles. The van der Waals surface area contributed by atoms with E-state index in [0.717, 1.165) is 5.69 Å². The Morgan fingerprint density at radius 1 is 1.24 bits per heavy atom.